The van der Waals surface area contributed by atoms with Crippen LogP contribution in [0, 0.1) is 11.3 Å². The van der Waals surface area contributed by atoms with Crippen LogP contribution in [0.25, 0.3) is 0 Å². The number of esters is 1. The van der Waals surface area contributed by atoms with E-state index < -0.39 is 17.8 Å². The number of hydrogen-bond acceptors (Lipinski definition) is 9. The monoisotopic (exact) mass is 574 g/mol. The first-order valence-corrected chi connectivity index (χ1v) is 14.1. The van der Waals surface area contributed by atoms with Crippen molar-refractivity contribution in [3.05, 3.63) is 69.6 Å². The zero-order chi connectivity index (χ0) is 29.2. The molecule has 41 heavy (non-hydrogen) atoms. The van der Waals surface area contributed by atoms with E-state index in [1.807, 2.05) is 0 Å². The van der Waals surface area contributed by atoms with Gasteiger partial charge in [-0.05, 0) is 85.7 Å². The van der Waals surface area contributed by atoms with Crippen LogP contribution in [-0.4, -0.2) is 37.7 Å². The van der Waals surface area contributed by atoms with Crippen molar-refractivity contribution in [1.29, 1.82) is 5.26 Å². The molecule has 1 aliphatic rings. The van der Waals surface area contributed by atoms with E-state index >= 15 is 0 Å². The average Bonchev–Trinajstić information content (AvgIpc) is 3.34. The lowest BCUT2D eigenvalue weighted by atomic mass is 9.96. The molecule has 1 aliphatic carbocycles. The number of ether oxygens (including phenoxy) is 3. The molecule has 1 heterocycles. The second-order valence-electron chi connectivity index (χ2n) is 9.21. The van der Waals surface area contributed by atoms with Gasteiger partial charge in [0.15, 0.2) is 11.5 Å². The summed E-state index contributed by atoms with van der Waals surface area (Å²) in [7, 11) is 1.43. The molecule has 0 aliphatic heterocycles. The van der Waals surface area contributed by atoms with Crippen molar-refractivity contribution >= 4 is 40.3 Å². The number of hydrazone groups is 1. The maximum Gasteiger partial charge on any atom is 0.343 e. The van der Waals surface area contributed by atoms with Gasteiger partial charge in [0.2, 0.25) is 0 Å². The van der Waals surface area contributed by atoms with Gasteiger partial charge >= 0.3 is 17.8 Å². The Bertz CT molecular complexity index is 1490. The second kappa shape index (κ2) is 14.1. The summed E-state index contributed by atoms with van der Waals surface area (Å²) >= 11 is 1.34. The van der Waals surface area contributed by atoms with Crippen molar-refractivity contribution < 1.29 is 28.6 Å². The first-order chi connectivity index (χ1) is 19.9. The van der Waals surface area contributed by atoms with Crippen molar-refractivity contribution in [2.45, 2.75) is 45.4 Å². The number of hydrogen-bond donors (Lipinski definition) is 2. The third-order valence-electron chi connectivity index (χ3n) is 6.34. The third kappa shape index (κ3) is 7.49. The summed E-state index contributed by atoms with van der Waals surface area (Å²) in [5, 5.41) is 16.3. The lowest BCUT2D eigenvalue weighted by molar-refractivity contribution is -0.136. The van der Waals surface area contributed by atoms with Gasteiger partial charge in [-0.25, -0.2) is 10.2 Å². The fraction of sp³-hybridized carbons (Fsp3) is 0.300. The molecule has 3 aromatic rings. The van der Waals surface area contributed by atoms with Crippen LogP contribution >= 0.6 is 11.3 Å². The summed E-state index contributed by atoms with van der Waals surface area (Å²) in [4.78, 5) is 38.4. The van der Waals surface area contributed by atoms with Crippen LogP contribution in [0.3, 0.4) is 0 Å². The van der Waals surface area contributed by atoms with Crippen LogP contribution in [0.2, 0.25) is 0 Å². The van der Waals surface area contributed by atoms with Gasteiger partial charge in [-0.2, -0.15) is 10.4 Å². The van der Waals surface area contributed by atoms with E-state index in [0.29, 0.717) is 34.0 Å². The molecule has 0 saturated heterocycles. The van der Waals surface area contributed by atoms with Crippen molar-refractivity contribution in [2.24, 2.45) is 5.10 Å². The minimum absolute atomic E-state index is 0.202. The van der Waals surface area contributed by atoms with E-state index in [2.05, 4.69) is 28.8 Å². The highest BCUT2D eigenvalue weighted by Crippen LogP contribution is 2.37. The minimum atomic E-state index is -0.976. The van der Waals surface area contributed by atoms with E-state index in [9.17, 15) is 19.6 Å². The predicted molar refractivity (Wildman–Crippen MR) is 155 cm³/mol. The lowest BCUT2D eigenvalue weighted by Crippen LogP contribution is -2.32. The van der Waals surface area contributed by atoms with E-state index in [0.717, 1.165) is 49.0 Å². The summed E-state index contributed by atoms with van der Waals surface area (Å²) in [5.41, 5.74) is 4.45. The standard InChI is InChI=1S/C30H30N4O6S/c1-3-4-15-39-21-12-10-20(11-13-21)30(37)40-24-14-9-19(16-25(24)38-2)18-32-34-28(36)27(35)33-29-23(17-31)22-7-5-6-8-26(22)41-29/h9-14,16,18H,3-8,15H2,1-2H3,(H,33,35)(H,34,36). The molecule has 0 fully saturated rings. The fourth-order valence-corrected chi connectivity index (χ4v) is 5.41. The molecule has 2 N–H and O–H groups in total. The van der Waals surface area contributed by atoms with Crippen LogP contribution in [0.1, 0.15) is 64.5 Å². The summed E-state index contributed by atoms with van der Waals surface area (Å²) in [6.07, 6.45) is 7.00. The zero-order valence-corrected chi connectivity index (χ0v) is 23.6. The van der Waals surface area contributed by atoms with Crippen LogP contribution in [0.15, 0.2) is 47.6 Å². The number of thiophene rings is 1. The Kier molecular flexibility index (Phi) is 10.1. The molecule has 4 rings (SSSR count). The Hall–Kier alpha value is -4.69. The van der Waals surface area contributed by atoms with Gasteiger partial charge in [0.05, 0.1) is 31.1 Å². The van der Waals surface area contributed by atoms with Gasteiger partial charge in [-0.15, -0.1) is 11.3 Å². The zero-order valence-electron chi connectivity index (χ0n) is 22.8. The van der Waals surface area contributed by atoms with E-state index in [-0.39, 0.29) is 11.5 Å². The number of nitrogens with zero attached hydrogens (tertiary/aromatic N) is 2. The van der Waals surface area contributed by atoms with Gasteiger partial charge in [0, 0.05) is 4.88 Å². The third-order valence-corrected chi connectivity index (χ3v) is 7.55. The molecule has 0 unspecified atom stereocenters. The number of benzene rings is 2. The summed E-state index contributed by atoms with van der Waals surface area (Å²) < 4.78 is 16.5. The van der Waals surface area contributed by atoms with Crippen molar-refractivity contribution in [1.82, 2.24) is 5.43 Å². The van der Waals surface area contributed by atoms with Gasteiger partial charge in [-0.1, -0.05) is 13.3 Å². The molecular formula is C30H30N4O6S. The van der Waals surface area contributed by atoms with Crippen LogP contribution in [0.4, 0.5) is 5.00 Å². The molecule has 0 spiro atoms. The Labute approximate surface area is 241 Å². The SMILES string of the molecule is CCCCOc1ccc(C(=O)Oc2ccc(C=NNC(=O)C(=O)Nc3sc4c(c3C#N)CCCC4)cc2OC)cc1. The van der Waals surface area contributed by atoms with Crippen molar-refractivity contribution in [3.63, 3.8) is 0 Å². The quantitative estimate of drug-likeness (QED) is 0.0868. The first-order valence-electron chi connectivity index (χ1n) is 13.3. The topological polar surface area (TPSA) is 139 Å². The smallest absolute Gasteiger partial charge is 0.343 e. The van der Waals surface area contributed by atoms with Crippen molar-refractivity contribution in [2.75, 3.05) is 19.0 Å². The van der Waals surface area contributed by atoms with E-state index in [4.69, 9.17) is 14.2 Å². The maximum absolute atomic E-state index is 12.6. The number of amides is 2. The number of anilines is 1. The highest BCUT2D eigenvalue weighted by molar-refractivity contribution is 7.16. The molecule has 0 radical (unpaired) electrons. The molecule has 2 amide bonds. The molecule has 0 atom stereocenters. The fourth-order valence-electron chi connectivity index (χ4n) is 4.18. The first kappa shape index (κ1) is 29.3. The molecule has 1 aromatic heterocycles. The average molecular weight is 575 g/mol. The van der Waals surface area contributed by atoms with Crippen LogP contribution < -0.4 is 25.0 Å². The Morgan fingerprint density at radius 3 is 2.59 bits per heavy atom. The second-order valence-corrected chi connectivity index (χ2v) is 10.3. The summed E-state index contributed by atoms with van der Waals surface area (Å²) in [5.74, 6) is -1.30. The number of rotatable bonds is 10. The Balaban J connectivity index is 1.33. The highest BCUT2D eigenvalue weighted by Gasteiger charge is 2.23. The molecule has 0 bridgehead atoms. The van der Waals surface area contributed by atoms with Crippen LogP contribution in [-0.2, 0) is 22.4 Å². The number of nitriles is 1. The molecule has 212 valence electrons. The largest absolute Gasteiger partial charge is 0.494 e. The van der Waals surface area contributed by atoms with Gasteiger partial charge < -0.3 is 19.5 Å². The number of unbranched alkanes of at least 4 members (excludes halogenated alkanes) is 1. The number of carbonyl (C=O) groups excluding carboxylic acids is 3. The molecule has 10 nitrogen and oxygen atoms in total. The van der Waals surface area contributed by atoms with Crippen LogP contribution in [0.5, 0.6) is 17.2 Å². The normalized spacial score (nSPS) is 12.2. The minimum Gasteiger partial charge on any atom is -0.494 e. The van der Waals surface area contributed by atoms with E-state index in [1.54, 1.807) is 36.4 Å². The number of aryl methyl sites for hydroxylation is 1. The van der Waals surface area contributed by atoms with Crippen molar-refractivity contribution in [3.8, 4) is 23.3 Å². The molecule has 0 saturated carbocycles. The van der Waals surface area contributed by atoms with Gasteiger partial charge in [0.1, 0.15) is 16.8 Å². The number of nitrogens with one attached hydrogen (secondary N) is 2. The van der Waals surface area contributed by atoms with E-state index in [1.165, 1.54) is 30.7 Å². The number of fused-ring (bicyclic) bond motifs is 1. The Morgan fingerprint density at radius 2 is 1.85 bits per heavy atom. The summed E-state index contributed by atoms with van der Waals surface area (Å²) in [6.45, 7) is 2.70. The Morgan fingerprint density at radius 1 is 1.07 bits per heavy atom. The van der Waals surface area contributed by atoms with Gasteiger partial charge in [0.25, 0.3) is 0 Å². The molecule has 2 aromatic carbocycles. The maximum atomic E-state index is 12.6. The summed E-state index contributed by atoms with van der Waals surface area (Å²) in [6, 6.07) is 13.6. The molecule has 11 heteroatoms. The molecular weight excluding hydrogens is 544 g/mol. The predicted octanol–water partition coefficient (Wildman–Crippen LogP) is 4.99. The number of methoxy groups -OCH3 is 1. The lowest BCUT2D eigenvalue weighted by Gasteiger charge is -2.10. The van der Waals surface area contributed by atoms with Gasteiger partial charge in [-0.3, -0.25) is 9.59 Å². The number of carbonyl (C=O) groups is 3. The highest BCUT2D eigenvalue weighted by atomic mass is 32.1.